The van der Waals surface area contributed by atoms with Gasteiger partial charge in [0, 0.05) is 25.5 Å². The van der Waals surface area contributed by atoms with Gasteiger partial charge in [-0.3, -0.25) is 0 Å². The second-order valence-electron chi connectivity index (χ2n) is 6.80. The number of benzene rings is 2. The maximum Gasteiger partial charge on any atom is 0.138 e. The highest BCUT2D eigenvalue weighted by Crippen LogP contribution is 2.27. The normalized spacial score (nSPS) is 11.0. The Labute approximate surface area is 172 Å². The van der Waals surface area contributed by atoms with Crippen molar-refractivity contribution in [3.05, 3.63) is 96.2 Å². The first-order valence-electron chi connectivity index (χ1n) is 9.42. The fourth-order valence-corrected chi connectivity index (χ4v) is 4.18. The Morgan fingerprint density at radius 1 is 0.966 bits per heavy atom. The summed E-state index contributed by atoms with van der Waals surface area (Å²) in [6.07, 6.45) is 7.24. The predicted octanol–water partition coefficient (Wildman–Crippen LogP) is 5.22. The zero-order valence-corrected chi connectivity index (χ0v) is 16.5. The molecular formula is C23H19N5S. The van der Waals surface area contributed by atoms with Crippen LogP contribution in [-0.2, 0) is 13.1 Å². The summed E-state index contributed by atoms with van der Waals surface area (Å²) >= 11 is 1.63. The molecule has 29 heavy (non-hydrogen) atoms. The fraction of sp³-hybridized carbons (Fsp3) is 0.0870. The van der Waals surface area contributed by atoms with Gasteiger partial charge < -0.3 is 9.88 Å². The van der Waals surface area contributed by atoms with Crippen LogP contribution in [-0.4, -0.2) is 19.5 Å². The Morgan fingerprint density at radius 3 is 2.72 bits per heavy atom. The Balaban J connectivity index is 1.37. The van der Waals surface area contributed by atoms with Crippen LogP contribution in [0.4, 0.5) is 5.82 Å². The van der Waals surface area contributed by atoms with Gasteiger partial charge >= 0.3 is 0 Å². The van der Waals surface area contributed by atoms with E-state index < -0.39 is 0 Å². The van der Waals surface area contributed by atoms with Gasteiger partial charge in [0.1, 0.15) is 17.0 Å². The highest BCUT2D eigenvalue weighted by Gasteiger charge is 2.08. The second kappa shape index (κ2) is 7.85. The largest absolute Gasteiger partial charge is 0.365 e. The van der Waals surface area contributed by atoms with Crippen LogP contribution in [0.15, 0.2) is 85.0 Å². The van der Waals surface area contributed by atoms with Crippen molar-refractivity contribution in [1.82, 2.24) is 19.5 Å². The van der Waals surface area contributed by atoms with Crippen LogP contribution in [0.25, 0.3) is 21.3 Å². The molecule has 5 aromatic rings. The van der Waals surface area contributed by atoms with Gasteiger partial charge in [0.05, 0.1) is 11.7 Å². The average molecular weight is 398 g/mol. The number of aromatic nitrogens is 4. The summed E-state index contributed by atoms with van der Waals surface area (Å²) in [4.78, 5) is 13.8. The quantitative estimate of drug-likeness (QED) is 0.427. The lowest BCUT2D eigenvalue weighted by atomic mass is 9.98. The fourth-order valence-electron chi connectivity index (χ4n) is 3.45. The van der Waals surface area contributed by atoms with Crippen LogP contribution >= 0.6 is 11.3 Å². The van der Waals surface area contributed by atoms with Crippen molar-refractivity contribution in [3.63, 3.8) is 0 Å². The molecule has 5 rings (SSSR count). The molecule has 0 saturated heterocycles. The van der Waals surface area contributed by atoms with Gasteiger partial charge in [-0.1, -0.05) is 48.5 Å². The summed E-state index contributed by atoms with van der Waals surface area (Å²) in [6, 6.07) is 19.3. The molecule has 0 aliphatic heterocycles. The first-order chi connectivity index (χ1) is 14.4. The summed E-state index contributed by atoms with van der Waals surface area (Å²) in [7, 11) is 0. The molecule has 3 aromatic heterocycles. The Hall–Kier alpha value is -3.51. The lowest BCUT2D eigenvalue weighted by Gasteiger charge is -2.12. The number of hydrogen-bond donors (Lipinski definition) is 1. The van der Waals surface area contributed by atoms with Crippen molar-refractivity contribution in [3.8, 4) is 11.1 Å². The van der Waals surface area contributed by atoms with Gasteiger partial charge in [0.2, 0.25) is 0 Å². The third-order valence-corrected chi connectivity index (χ3v) is 5.74. The summed E-state index contributed by atoms with van der Waals surface area (Å²) < 4.78 is 2.07. The smallest absolute Gasteiger partial charge is 0.138 e. The minimum atomic E-state index is 0.703. The van der Waals surface area contributed by atoms with E-state index in [0.717, 1.165) is 22.6 Å². The number of hydrogen-bond acceptors (Lipinski definition) is 5. The molecule has 0 spiro atoms. The van der Waals surface area contributed by atoms with Gasteiger partial charge in [-0.25, -0.2) is 15.0 Å². The van der Waals surface area contributed by atoms with E-state index in [-0.39, 0.29) is 0 Å². The third kappa shape index (κ3) is 3.75. The number of imidazole rings is 1. The molecular weight excluding hydrogens is 378 g/mol. The molecule has 0 radical (unpaired) electrons. The van der Waals surface area contributed by atoms with E-state index in [4.69, 9.17) is 0 Å². The Bertz CT molecular complexity index is 1230. The van der Waals surface area contributed by atoms with Gasteiger partial charge in [-0.15, -0.1) is 11.3 Å². The Kier molecular flexibility index (Phi) is 4.76. The zero-order valence-electron chi connectivity index (χ0n) is 15.7. The SMILES string of the molecule is c1ccc(-c2ccc(Cn3ccnc3)cc2)c(CNc2ncnc3sccc23)c1. The van der Waals surface area contributed by atoms with Crippen molar-refractivity contribution < 1.29 is 0 Å². The number of nitrogens with zero attached hydrogens (tertiary/aromatic N) is 4. The van der Waals surface area contributed by atoms with E-state index in [1.165, 1.54) is 22.3 Å². The van der Waals surface area contributed by atoms with Crippen molar-refractivity contribution in [2.45, 2.75) is 13.1 Å². The first kappa shape index (κ1) is 17.6. The van der Waals surface area contributed by atoms with Crippen molar-refractivity contribution in [1.29, 1.82) is 0 Å². The summed E-state index contributed by atoms with van der Waals surface area (Å²) in [5, 5.41) is 6.60. The predicted molar refractivity (Wildman–Crippen MR) is 118 cm³/mol. The minimum Gasteiger partial charge on any atom is -0.365 e. The molecule has 0 bridgehead atoms. The topological polar surface area (TPSA) is 55.6 Å². The lowest BCUT2D eigenvalue weighted by molar-refractivity contribution is 0.797. The number of anilines is 1. The first-order valence-corrected chi connectivity index (χ1v) is 10.3. The van der Waals surface area contributed by atoms with Gasteiger partial charge in [0.25, 0.3) is 0 Å². The third-order valence-electron chi connectivity index (χ3n) is 4.91. The highest BCUT2D eigenvalue weighted by molar-refractivity contribution is 7.16. The van der Waals surface area contributed by atoms with Crippen LogP contribution in [0.5, 0.6) is 0 Å². The molecule has 0 fully saturated rings. The number of thiophene rings is 1. The monoisotopic (exact) mass is 397 g/mol. The van der Waals surface area contributed by atoms with E-state index >= 15 is 0 Å². The van der Waals surface area contributed by atoms with Crippen LogP contribution in [0, 0.1) is 0 Å². The number of nitrogens with one attached hydrogen (secondary N) is 1. The molecule has 142 valence electrons. The van der Waals surface area contributed by atoms with E-state index in [2.05, 4.69) is 79.4 Å². The van der Waals surface area contributed by atoms with Crippen LogP contribution in [0.1, 0.15) is 11.1 Å². The molecule has 5 nitrogen and oxygen atoms in total. The van der Waals surface area contributed by atoms with Crippen molar-refractivity contribution in [2.75, 3.05) is 5.32 Å². The molecule has 0 unspecified atom stereocenters. The summed E-state index contributed by atoms with van der Waals surface area (Å²) in [6.45, 7) is 1.53. The molecule has 0 aliphatic rings. The van der Waals surface area contributed by atoms with Crippen LogP contribution < -0.4 is 5.32 Å². The summed E-state index contributed by atoms with van der Waals surface area (Å²) in [5.74, 6) is 0.877. The lowest BCUT2D eigenvalue weighted by Crippen LogP contribution is -2.03. The maximum atomic E-state index is 4.42. The van der Waals surface area contributed by atoms with Crippen molar-refractivity contribution >= 4 is 27.4 Å². The number of fused-ring (bicyclic) bond motifs is 1. The molecule has 0 atom stereocenters. The van der Waals surface area contributed by atoms with E-state index in [9.17, 15) is 0 Å². The standard InChI is InChI=1S/C23H19N5S/c1-2-4-20(18-7-5-17(6-8-18)14-28-11-10-24-16-28)19(3-1)13-25-22-21-9-12-29-23(21)27-15-26-22/h1-12,15-16H,13-14H2,(H,25,26,27). The average Bonchev–Trinajstić information content (AvgIpc) is 3.45. The highest BCUT2D eigenvalue weighted by atomic mass is 32.1. The second-order valence-corrected chi connectivity index (χ2v) is 7.70. The molecule has 0 amide bonds. The molecule has 6 heteroatoms. The number of rotatable bonds is 6. The molecule has 2 aromatic carbocycles. The van der Waals surface area contributed by atoms with Crippen LogP contribution in [0.3, 0.4) is 0 Å². The summed E-state index contributed by atoms with van der Waals surface area (Å²) in [5.41, 5.74) is 4.92. The Morgan fingerprint density at radius 2 is 1.86 bits per heavy atom. The van der Waals surface area contributed by atoms with E-state index in [1.54, 1.807) is 23.9 Å². The minimum absolute atomic E-state index is 0.703. The van der Waals surface area contributed by atoms with Gasteiger partial charge in [0.15, 0.2) is 0 Å². The molecule has 1 N–H and O–H groups in total. The molecule has 0 saturated carbocycles. The van der Waals surface area contributed by atoms with E-state index in [1.807, 2.05) is 17.9 Å². The molecule has 3 heterocycles. The van der Waals surface area contributed by atoms with Gasteiger partial charge in [-0.05, 0) is 33.7 Å². The van der Waals surface area contributed by atoms with Crippen LogP contribution in [0.2, 0.25) is 0 Å². The van der Waals surface area contributed by atoms with Crippen molar-refractivity contribution in [2.24, 2.45) is 0 Å². The zero-order chi connectivity index (χ0) is 19.5. The van der Waals surface area contributed by atoms with Gasteiger partial charge in [-0.2, -0.15) is 0 Å². The van der Waals surface area contributed by atoms with E-state index in [0.29, 0.717) is 6.54 Å². The molecule has 0 aliphatic carbocycles. The maximum absolute atomic E-state index is 4.42.